The van der Waals surface area contributed by atoms with Gasteiger partial charge in [0.1, 0.15) is 5.41 Å². The van der Waals surface area contributed by atoms with Gasteiger partial charge < -0.3 is 5.32 Å². The zero-order valence-corrected chi connectivity index (χ0v) is 13.4. The second-order valence-corrected chi connectivity index (χ2v) is 6.36. The lowest BCUT2D eigenvalue weighted by atomic mass is 9.81. The fourth-order valence-electron chi connectivity index (χ4n) is 2.56. The van der Waals surface area contributed by atoms with E-state index in [-0.39, 0.29) is 5.91 Å². The predicted octanol–water partition coefficient (Wildman–Crippen LogP) is 4.91. The standard InChI is InChI=1S/C15H16BrClN2O/c16-13-11(17)6-5-7-12(13)19-14(20)15(10-18)8-3-1-2-4-9-15/h5-7H,1-4,8-9H2,(H,19,20). The van der Waals surface area contributed by atoms with Crippen LogP contribution in [0.5, 0.6) is 0 Å². The molecule has 0 spiro atoms. The summed E-state index contributed by atoms with van der Waals surface area (Å²) in [5.41, 5.74) is -0.292. The fraction of sp³-hybridized carbons (Fsp3) is 0.467. The first-order chi connectivity index (χ1) is 9.59. The van der Waals surface area contributed by atoms with E-state index >= 15 is 0 Å². The quantitative estimate of drug-likeness (QED) is 0.767. The maximum atomic E-state index is 12.5. The first kappa shape index (κ1) is 15.3. The Morgan fingerprint density at radius 1 is 1.30 bits per heavy atom. The van der Waals surface area contributed by atoms with E-state index in [1.807, 2.05) is 0 Å². The Kier molecular flexibility index (Phi) is 5.06. The molecular weight excluding hydrogens is 340 g/mol. The molecule has 3 nitrogen and oxygen atoms in total. The molecule has 0 radical (unpaired) electrons. The fourth-order valence-corrected chi connectivity index (χ4v) is 3.10. The van der Waals surface area contributed by atoms with Crippen LogP contribution in [0.2, 0.25) is 5.02 Å². The van der Waals surface area contributed by atoms with Crippen LogP contribution in [-0.4, -0.2) is 5.91 Å². The topological polar surface area (TPSA) is 52.9 Å². The van der Waals surface area contributed by atoms with Crippen LogP contribution in [0.4, 0.5) is 5.69 Å². The molecule has 106 valence electrons. The summed E-state index contributed by atoms with van der Waals surface area (Å²) in [7, 11) is 0. The molecule has 1 aromatic carbocycles. The molecule has 0 heterocycles. The molecule has 20 heavy (non-hydrogen) atoms. The highest BCUT2D eigenvalue weighted by Gasteiger charge is 2.39. The van der Waals surface area contributed by atoms with Crippen LogP contribution in [0.1, 0.15) is 38.5 Å². The van der Waals surface area contributed by atoms with E-state index in [0.717, 1.165) is 25.7 Å². The number of carbonyl (C=O) groups is 1. The van der Waals surface area contributed by atoms with Crippen LogP contribution in [0.15, 0.2) is 22.7 Å². The summed E-state index contributed by atoms with van der Waals surface area (Å²) in [5, 5.41) is 12.9. The number of halogens is 2. The van der Waals surface area contributed by atoms with Gasteiger partial charge in [-0.2, -0.15) is 5.26 Å². The number of rotatable bonds is 2. The van der Waals surface area contributed by atoms with Crippen LogP contribution in [0.3, 0.4) is 0 Å². The number of amides is 1. The molecule has 0 bridgehead atoms. The third-order valence-electron chi connectivity index (χ3n) is 3.81. The van der Waals surface area contributed by atoms with E-state index in [1.165, 1.54) is 0 Å². The molecular formula is C15H16BrClN2O. The Hall–Kier alpha value is -1.05. The van der Waals surface area contributed by atoms with Gasteiger partial charge in [0.25, 0.3) is 0 Å². The Labute approximate surface area is 132 Å². The SMILES string of the molecule is N#CC1(C(=O)Nc2cccc(Cl)c2Br)CCCCCC1. The maximum Gasteiger partial charge on any atom is 0.244 e. The van der Waals surface area contributed by atoms with Crippen molar-refractivity contribution in [3.8, 4) is 6.07 Å². The van der Waals surface area contributed by atoms with Gasteiger partial charge in [-0.15, -0.1) is 0 Å². The molecule has 0 unspecified atom stereocenters. The van der Waals surface area contributed by atoms with Gasteiger partial charge in [-0.25, -0.2) is 0 Å². The molecule has 0 atom stereocenters. The molecule has 0 aromatic heterocycles. The van der Waals surface area contributed by atoms with Crippen molar-refractivity contribution < 1.29 is 4.79 Å². The molecule has 0 aliphatic heterocycles. The number of benzene rings is 1. The minimum Gasteiger partial charge on any atom is -0.324 e. The van der Waals surface area contributed by atoms with Gasteiger partial charge in [0.2, 0.25) is 5.91 Å². The average molecular weight is 356 g/mol. The van der Waals surface area contributed by atoms with E-state index in [1.54, 1.807) is 18.2 Å². The van der Waals surface area contributed by atoms with Crippen molar-refractivity contribution in [2.24, 2.45) is 5.41 Å². The van der Waals surface area contributed by atoms with Gasteiger partial charge in [0.05, 0.1) is 21.3 Å². The molecule has 1 saturated carbocycles. The lowest BCUT2D eigenvalue weighted by molar-refractivity contribution is -0.123. The number of carbonyl (C=O) groups excluding carboxylic acids is 1. The lowest BCUT2D eigenvalue weighted by Gasteiger charge is -2.24. The van der Waals surface area contributed by atoms with Crippen molar-refractivity contribution in [3.05, 3.63) is 27.7 Å². The number of nitriles is 1. The normalized spacial score (nSPS) is 17.9. The molecule has 2 rings (SSSR count). The van der Waals surface area contributed by atoms with Crippen LogP contribution in [0, 0.1) is 16.7 Å². The first-order valence-corrected chi connectivity index (χ1v) is 7.93. The molecule has 1 N–H and O–H groups in total. The number of anilines is 1. The van der Waals surface area contributed by atoms with Crippen LogP contribution < -0.4 is 5.32 Å². The summed E-state index contributed by atoms with van der Waals surface area (Å²) >= 11 is 9.37. The number of nitrogens with zero attached hydrogens (tertiary/aromatic N) is 1. The van der Waals surface area contributed by atoms with Crippen molar-refractivity contribution in [2.45, 2.75) is 38.5 Å². The van der Waals surface area contributed by atoms with Gasteiger partial charge in [-0.1, -0.05) is 43.4 Å². The van der Waals surface area contributed by atoms with Gasteiger partial charge in [0, 0.05) is 0 Å². The summed E-state index contributed by atoms with van der Waals surface area (Å²) in [6, 6.07) is 7.54. The van der Waals surface area contributed by atoms with Gasteiger partial charge in [-0.3, -0.25) is 4.79 Å². The Bertz CT molecular complexity index is 545. The minimum atomic E-state index is -0.905. The van der Waals surface area contributed by atoms with E-state index in [9.17, 15) is 10.1 Å². The van der Waals surface area contributed by atoms with Crippen molar-refractivity contribution in [2.75, 3.05) is 5.32 Å². The third kappa shape index (κ3) is 3.16. The van der Waals surface area contributed by atoms with E-state index in [0.29, 0.717) is 28.0 Å². The smallest absolute Gasteiger partial charge is 0.244 e. The van der Waals surface area contributed by atoms with Gasteiger partial charge in [0.15, 0.2) is 0 Å². The summed E-state index contributed by atoms with van der Waals surface area (Å²) < 4.78 is 0.650. The average Bonchev–Trinajstić information content (AvgIpc) is 2.70. The highest BCUT2D eigenvalue weighted by molar-refractivity contribution is 9.10. The largest absolute Gasteiger partial charge is 0.324 e. The number of hydrogen-bond donors (Lipinski definition) is 1. The summed E-state index contributed by atoms with van der Waals surface area (Å²) in [6.45, 7) is 0. The minimum absolute atomic E-state index is 0.218. The molecule has 0 saturated heterocycles. The van der Waals surface area contributed by atoms with E-state index in [4.69, 9.17) is 11.6 Å². The monoisotopic (exact) mass is 354 g/mol. The molecule has 1 aromatic rings. The van der Waals surface area contributed by atoms with Crippen molar-refractivity contribution in [3.63, 3.8) is 0 Å². The molecule has 1 aliphatic rings. The Balaban J connectivity index is 2.21. The summed E-state index contributed by atoms with van der Waals surface area (Å²) in [6.07, 6.45) is 5.31. The van der Waals surface area contributed by atoms with E-state index < -0.39 is 5.41 Å². The molecule has 1 fully saturated rings. The first-order valence-electron chi connectivity index (χ1n) is 6.76. The van der Waals surface area contributed by atoms with Crippen LogP contribution >= 0.6 is 27.5 Å². The molecule has 5 heteroatoms. The van der Waals surface area contributed by atoms with Gasteiger partial charge in [-0.05, 0) is 40.9 Å². The van der Waals surface area contributed by atoms with Crippen molar-refractivity contribution in [1.29, 1.82) is 5.26 Å². The zero-order chi connectivity index (χ0) is 14.6. The highest BCUT2D eigenvalue weighted by atomic mass is 79.9. The number of nitrogens with one attached hydrogen (secondary N) is 1. The Morgan fingerprint density at radius 2 is 1.95 bits per heavy atom. The summed E-state index contributed by atoms with van der Waals surface area (Å²) in [4.78, 5) is 12.5. The van der Waals surface area contributed by atoms with Crippen molar-refractivity contribution >= 4 is 39.1 Å². The summed E-state index contributed by atoms with van der Waals surface area (Å²) in [5.74, 6) is -0.218. The predicted molar refractivity (Wildman–Crippen MR) is 83.5 cm³/mol. The van der Waals surface area contributed by atoms with Crippen molar-refractivity contribution in [1.82, 2.24) is 0 Å². The second-order valence-electron chi connectivity index (χ2n) is 5.16. The molecule has 1 amide bonds. The number of hydrogen-bond acceptors (Lipinski definition) is 2. The lowest BCUT2D eigenvalue weighted by Crippen LogP contribution is -2.34. The molecule has 1 aliphatic carbocycles. The maximum absolute atomic E-state index is 12.5. The Morgan fingerprint density at radius 3 is 2.55 bits per heavy atom. The highest BCUT2D eigenvalue weighted by Crippen LogP contribution is 2.37. The van der Waals surface area contributed by atoms with Crippen LogP contribution in [0.25, 0.3) is 0 Å². The van der Waals surface area contributed by atoms with Gasteiger partial charge >= 0.3 is 0 Å². The second kappa shape index (κ2) is 6.60. The third-order valence-corrected chi connectivity index (χ3v) is 5.20. The van der Waals surface area contributed by atoms with Crippen LogP contribution in [-0.2, 0) is 4.79 Å². The van der Waals surface area contributed by atoms with E-state index in [2.05, 4.69) is 27.3 Å². The zero-order valence-electron chi connectivity index (χ0n) is 11.1.